The Balaban J connectivity index is 1.96. The maximum absolute atomic E-state index is 11.8. The molecule has 0 heterocycles. The molecule has 0 bridgehead atoms. The first-order valence-electron chi connectivity index (χ1n) is 6.71. The van der Waals surface area contributed by atoms with Crippen molar-refractivity contribution in [1.82, 2.24) is 0 Å². The summed E-state index contributed by atoms with van der Waals surface area (Å²) >= 11 is 0. The fourth-order valence-corrected chi connectivity index (χ4v) is 1.99. The van der Waals surface area contributed by atoms with E-state index in [4.69, 9.17) is 9.47 Å². The molecule has 0 radical (unpaired) electrons. The van der Waals surface area contributed by atoms with Crippen LogP contribution in [0.3, 0.4) is 0 Å². The predicted octanol–water partition coefficient (Wildman–Crippen LogP) is 1.74. The average Bonchev–Trinajstić information content (AvgIpc) is 3.21. The molecule has 1 amide bonds. The van der Waals surface area contributed by atoms with E-state index >= 15 is 0 Å². The number of nitrogens with zero attached hydrogens (tertiary/aromatic N) is 1. The lowest BCUT2D eigenvalue weighted by Gasteiger charge is -2.10. The Bertz CT molecular complexity index is 615. The molecule has 118 valence electrons. The van der Waals surface area contributed by atoms with E-state index in [1.807, 2.05) is 6.92 Å². The third-order valence-corrected chi connectivity index (χ3v) is 3.43. The molecule has 0 saturated heterocycles. The van der Waals surface area contributed by atoms with Crippen LogP contribution in [0.1, 0.15) is 13.3 Å². The van der Waals surface area contributed by atoms with Crippen molar-refractivity contribution in [3.63, 3.8) is 0 Å². The van der Waals surface area contributed by atoms with E-state index in [9.17, 15) is 19.7 Å². The number of hydrogen-bond acceptors (Lipinski definition) is 6. The summed E-state index contributed by atoms with van der Waals surface area (Å²) in [4.78, 5) is 33.5. The third-order valence-electron chi connectivity index (χ3n) is 3.43. The molecule has 1 N–H and O–H groups in total. The first-order chi connectivity index (χ1) is 10.4. The van der Waals surface area contributed by atoms with Crippen molar-refractivity contribution >= 4 is 23.3 Å². The SMILES string of the molecule is COc1ccc([N+](=O)[O-])cc1NC(=O)COC(=O)[C@@H]1C[C@H]1C. The number of anilines is 1. The fraction of sp³-hybridized carbons (Fsp3) is 0.429. The molecule has 1 aromatic rings. The number of methoxy groups -OCH3 is 1. The van der Waals surface area contributed by atoms with Gasteiger partial charge in [-0.05, 0) is 18.4 Å². The molecule has 2 atom stereocenters. The minimum Gasteiger partial charge on any atom is -0.495 e. The van der Waals surface area contributed by atoms with Gasteiger partial charge in [0.15, 0.2) is 6.61 Å². The number of benzene rings is 1. The normalized spacial score (nSPS) is 19.2. The third kappa shape index (κ3) is 3.72. The highest BCUT2D eigenvalue weighted by Gasteiger charge is 2.40. The van der Waals surface area contributed by atoms with Crippen LogP contribution in [0.25, 0.3) is 0 Å². The number of carbonyl (C=O) groups excluding carboxylic acids is 2. The van der Waals surface area contributed by atoms with E-state index in [1.165, 1.54) is 25.3 Å². The van der Waals surface area contributed by atoms with E-state index < -0.39 is 23.4 Å². The molecule has 1 aliphatic carbocycles. The zero-order valence-corrected chi connectivity index (χ0v) is 12.2. The Morgan fingerprint density at radius 1 is 1.45 bits per heavy atom. The zero-order valence-electron chi connectivity index (χ0n) is 12.2. The van der Waals surface area contributed by atoms with Crippen LogP contribution in [0.2, 0.25) is 0 Å². The van der Waals surface area contributed by atoms with Gasteiger partial charge in [-0.1, -0.05) is 6.92 Å². The second-order valence-electron chi connectivity index (χ2n) is 5.12. The average molecular weight is 308 g/mol. The summed E-state index contributed by atoms with van der Waals surface area (Å²) in [5.41, 5.74) is -0.0301. The highest BCUT2D eigenvalue weighted by Crippen LogP contribution is 2.38. The van der Waals surface area contributed by atoms with Gasteiger partial charge in [0.05, 0.1) is 23.6 Å². The van der Waals surface area contributed by atoms with Gasteiger partial charge in [-0.2, -0.15) is 0 Å². The van der Waals surface area contributed by atoms with Crippen LogP contribution in [0.15, 0.2) is 18.2 Å². The Morgan fingerprint density at radius 2 is 2.14 bits per heavy atom. The minimum atomic E-state index is -0.583. The van der Waals surface area contributed by atoms with Crippen LogP contribution >= 0.6 is 0 Å². The summed E-state index contributed by atoms with van der Waals surface area (Å²) in [6, 6.07) is 3.83. The first kappa shape index (κ1) is 15.7. The smallest absolute Gasteiger partial charge is 0.309 e. The van der Waals surface area contributed by atoms with Crippen molar-refractivity contribution in [2.45, 2.75) is 13.3 Å². The lowest BCUT2D eigenvalue weighted by atomic mass is 10.2. The summed E-state index contributed by atoms with van der Waals surface area (Å²) in [5.74, 6) is -0.525. The van der Waals surface area contributed by atoms with Crippen molar-refractivity contribution < 1.29 is 24.0 Å². The number of nitro groups is 1. The number of carbonyl (C=O) groups is 2. The predicted molar refractivity (Wildman–Crippen MR) is 76.5 cm³/mol. The van der Waals surface area contributed by atoms with Crippen LogP contribution in [0.5, 0.6) is 5.75 Å². The van der Waals surface area contributed by atoms with E-state index in [1.54, 1.807) is 0 Å². The summed E-state index contributed by atoms with van der Waals surface area (Å²) in [6.45, 7) is 1.49. The lowest BCUT2D eigenvalue weighted by molar-refractivity contribution is -0.384. The Labute approximate surface area is 126 Å². The highest BCUT2D eigenvalue weighted by molar-refractivity contribution is 5.94. The van der Waals surface area contributed by atoms with Crippen LogP contribution < -0.4 is 10.1 Å². The number of ether oxygens (including phenoxy) is 2. The fourth-order valence-electron chi connectivity index (χ4n) is 1.99. The maximum Gasteiger partial charge on any atom is 0.309 e. The molecule has 0 spiro atoms. The van der Waals surface area contributed by atoms with Crippen molar-refractivity contribution in [3.05, 3.63) is 28.3 Å². The summed E-state index contributed by atoms with van der Waals surface area (Å²) in [7, 11) is 1.38. The Hall–Kier alpha value is -2.64. The zero-order chi connectivity index (χ0) is 16.3. The molecule has 22 heavy (non-hydrogen) atoms. The minimum absolute atomic E-state index is 0.125. The number of amides is 1. The number of nitro benzene ring substituents is 1. The molecular weight excluding hydrogens is 292 g/mol. The first-order valence-corrected chi connectivity index (χ1v) is 6.71. The molecule has 2 rings (SSSR count). The quantitative estimate of drug-likeness (QED) is 0.487. The van der Waals surface area contributed by atoms with Gasteiger partial charge in [-0.3, -0.25) is 19.7 Å². The molecule has 1 fully saturated rings. The number of rotatable bonds is 6. The van der Waals surface area contributed by atoms with Gasteiger partial charge in [0.2, 0.25) is 0 Å². The Morgan fingerprint density at radius 3 is 2.68 bits per heavy atom. The molecule has 0 aromatic heterocycles. The van der Waals surface area contributed by atoms with Gasteiger partial charge >= 0.3 is 5.97 Å². The summed E-state index contributed by atoms with van der Waals surface area (Å²) < 4.78 is 9.92. The molecular formula is C14H16N2O6. The number of nitrogens with one attached hydrogen (secondary N) is 1. The second kappa shape index (κ2) is 6.42. The van der Waals surface area contributed by atoms with Crippen LogP contribution in [-0.2, 0) is 14.3 Å². The maximum atomic E-state index is 11.8. The molecule has 0 aliphatic heterocycles. The molecule has 8 heteroatoms. The van der Waals surface area contributed by atoms with Gasteiger partial charge in [-0.25, -0.2) is 0 Å². The monoisotopic (exact) mass is 308 g/mol. The van der Waals surface area contributed by atoms with Crippen LogP contribution in [0, 0.1) is 22.0 Å². The summed E-state index contributed by atoms with van der Waals surface area (Å²) in [6.07, 6.45) is 0.777. The molecule has 1 aromatic carbocycles. The van der Waals surface area contributed by atoms with Crippen molar-refractivity contribution in [2.75, 3.05) is 19.0 Å². The standard InChI is InChI=1S/C14H16N2O6/c1-8-5-10(8)14(18)22-7-13(17)15-11-6-9(16(19)20)3-4-12(11)21-2/h3-4,6,8,10H,5,7H2,1-2H3,(H,15,17)/t8-,10-/m1/s1. The van der Waals surface area contributed by atoms with Crippen molar-refractivity contribution in [3.8, 4) is 5.75 Å². The van der Waals surface area contributed by atoms with Gasteiger partial charge in [0.25, 0.3) is 11.6 Å². The van der Waals surface area contributed by atoms with Gasteiger partial charge < -0.3 is 14.8 Å². The van der Waals surface area contributed by atoms with E-state index in [0.29, 0.717) is 5.92 Å². The largest absolute Gasteiger partial charge is 0.495 e. The Kier molecular flexibility index (Phi) is 4.59. The van der Waals surface area contributed by atoms with E-state index in [-0.39, 0.29) is 23.0 Å². The van der Waals surface area contributed by atoms with Crippen molar-refractivity contribution in [2.24, 2.45) is 11.8 Å². The van der Waals surface area contributed by atoms with Gasteiger partial charge in [0.1, 0.15) is 5.75 Å². The van der Waals surface area contributed by atoms with Crippen LogP contribution in [0.4, 0.5) is 11.4 Å². The number of hydrogen-bond donors (Lipinski definition) is 1. The second-order valence-corrected chi connectivity index (χ2v) is 5.12. The lowest BCUT2D eigenvalue weighted by Crippen LogP contribution is -2.22. The molecule has 8 nitrogen and oxygen atoms in total. The van der Waals surface area contributed by atoms with Crippen molar-refractivity contribution in [1.29, 1.82) is 0 Å². The molecule has 1 saturated carbocycles. The van der Waals surface area contributed by atoms with Gasteiger partial charge in [0, 0.05) is 12.1 Å². The number of non-ortho nitro benzene ring substituents is 1. The highest BCUT2D eigenvalue weighted by atomic mass is 16.6. The number of esters is 1. The van der Waals surface area contributed by atoms with Gasteiger partial charge in [-0.15, -0.1) is 0 Å². The van der Waals surface area contributed by atoms with Crippen LogP contribution in [-0.4, -0.2) is 30.5 Å². The topological polar surface area (TPSA) is 108 Å². The summed E-state index contributed by atoms with van der Waals surface area (Å²) in [5, 5.41) is 13.2. The molecule has 1 aliphatic rings. The molecule has 0 unspecified atom stereocenters. The van der Waals surface area contributed by atoms with E-state index in [2.05, 4.69) is 5.32 Å². The van der Waals surface area contributed by atoms with E-state index in [0.717, 1.165) is 6.42 Å².